The molecule has 1 aromatic rings. The molecule has 4 nitrogen and oxygen atoms in total. The van der Waals surface area contributed by atoms with Gasteiger partial charge in [0, 0.05) is 12.6 Å². The maximum Gasteiger partial charge on any atom is 0.232 e. The predicted octanol–water partition coefficient (Wildman–Crippen LogP) is 2.55. The molecule has 1 saturated carbocycles. The summed E-state index contributed by atoms with van der Waals surface area (Å²) in [6, 6.07) is 4.39. The maximum absolute atomic E-state index is 13.9. The summed E-state index contributed by atoms with van der Waals surface area (Å²) in [5, 5.41) is 6.11. The van der Waals surface area contributed by atoms with Crippen LogP contribution in [0.1, 0.15) is 25.7 Å². The molecule has 1 heterocycles. The summed E-state index contributed by atoms with van der Waals surface area (Å²) < 4.78 is 19.0. The number of amides is 1. The van der Waals surface area contributed by atoms with Crippen LogP contribution in [0, 0.1) is 17.2 Å². The summed E-state index contributed by atoms with van der Waals surface area (Å²) >= 11 is 0. The van der Waals surface area contributed by atoms with E-state index in [9.17, 15) is 9.18 Å². The van der Waals surface area contributed by atoms with Crippen LogP contribution < -0.4 is 15.4 Å². The molecule has 1 aromatic carbocycles. The molecule has 0 bridgehead atoms. The Morgan fingerprint density at radius 1 is 1.48 bits per heavy atom. The second-order valence-corrected chi connectivity index (χ2v) is 6.03. The van der Waals surface area contributed by atoms with E-state index < -0.39 is 5.82 Å². The summed E-state index contributed by atoms with van der Waals surface area (Å²) in [6.07, 6.45) is 4.18. The van der Waals surface area contributed by atoms with Crippen molar-refractivity contribution < 1.29 is 13.9 Å². The van der Waals surface area contributed by atoms with Crippen molar-refractivity contribution in [3.8, 4) is 5.75 Å². The highest BCUT2D eigenvalue weighted by Gasteiger charge is 2.49. The van der Waals surface area contributed by atoms with E-state index in [2.05, 4.69) is 10.6 Å². The van der Waals surface area contributed by atoms with E-state index in [1.54, 1.807) is 6.07 Å². The van der Waals surface area contributed by atoms with Gasteiger partial charge in [-0.2, -0.15) is 0 Å². The average Bonchev–Trinajstić information content (AvgIpc) is 2.94. The molecule has 2 N–H and O–H groups in total. The first kappa shape index (κ1) is 14.3. The molecule has 2 fully saturated rings. The molecule has 0 unspecified atom stereocenters. The zero-order chi connectivity index (χ0) is 14.9. The fourth-order valence-corrected chi connectivity index (χ4v) is 3.66. The summed E-state index contributed by atoms with van der Waals surface area (Å²) in [6.45, 7) is 1.57. The van der Waals surface area contributed by atoms with E-state index >= 15 is 0 Å². The smallest absolute Gasteiger partial charge is 0.232 e. The van der Waals surface area contributed by atoms with E-state index in [-0.39, 0.29) is 17.0 Å². The highest BCUT2D eigenvalue weighted by Crippen LogP contribution is 2.44. The third kappa shape index (κ3) is 2.50. The van der Waals surface area contributed by atoms with Crippen LogP contribution in [0.5, 0.6) is 5.75 Å². The van der Waals surface area contributed by atoms with Crippen molar-refractivity contribution in [3.05, 3.63) is 24.0 Å². The number of nitrogens with one attached hydrogen (secondary N) is 2. The highest BCUT2D eigenvalue weighted by atomic mass is 19.1. The first-order chi connectivity index (χ1) is 10.2. The van der Waals surface area contributed by atoms with Crippen LogP contribution >= 0.6 is 0 Å². The number of methoxy groups -OCH3 is 1. The molecule has 1 aliphatic carbocycles. The van der Waals surface area contributed by atoms with Crippen molar-refractivity contribution >= 4 is 11.6 Å². The van der Waals surface area contributed by atoms with Crippen molar-refractivity contribution in [2.24, 2.45) is 11.3 Å². The van der Waals surface area contributed by atoms with Gasteiger partial charge in [0.2, 0.25) is 5.91 Å². The van der Waals surface area contributed by atoms with Crippen LogP contribution in [-0.4, -0.2) is 26.1 Å². The zero-order valence-electron chi connectivity index (χ0n) is 12.2. The Labute approximate surface area is 124 Å². The summed E-state index contributed by atoms with van der Waals surface area (Å²) in [5.41, 5.74) is -0.182. The fraction of sp³-hybridized carbons (Fsp3) is 0.562. The topological polar surface area (TPSA) is 50.4 Å². The van der Waals surface area contributed by atoms with Gasteiger partial charge in [-0.1, -0.05) is 12.8 Å². The van der Waals surface area contributed by atoms with Gasteiger partial charge in [0.1, 0.15) is 11.6 Å². The fourth-order valence-electron chi connectivity index (χ4n) is 3.66. The molecule has 0 aromatic heterocycles. The lowest BCUT2D eigenvalue weighted by atomic mass is 9.67. The number of anilines is 1. The summed E-state index contributed by atoms with van der Waals surface area (Å²) in [5.74, 6) is 0.400. The number of hydrogen-bond acceptors (Lipinski definition) is 3. The number of fused-ring (bicyclic) bond motifs is 1. The third-order valence-electron chi connectivity index (χ3n) is 4.91. The van der Waals surface area contributed by atoms with E-state index in [4.69, 9.17) is 4.74 Å². The molecule has 21 heavy (non-hydrogen) atoms. The first-order valence-electron chi connectivity index (χ1n) is 7.51. The standard InChI is InChI=1S/C16H21FN2O2/c1-21-12-5-6-13(17)14(8-12)19-15(20)16-7-3-2-4-11(16)9-18-10-16/h5-6,8,11,18H,2-4,7,9-10H2,1H3,(H,19,20)/t11-,16+/m0/s1. The van der Waals surface area contributed by atoms with Crippen LogP contribution in [0.3, 0.4) is 0 Å². The maximum atomic E-state index is 13.9. The molecular weight excluding hydrogens is 271 g/mol. The van der Waals surface area contributed by atoms with Crippen LogP contribution in [0.25, 0.3) is 0 Å². The van der Waals surface area contributed by atoms with Crippen LogP contribution in [0.2, 0.25) is 0 Å². The van der Waals surface area contributed by atoms with Crippen molar-refractivity contribution in [3.63, 3.8) is 0 Å². The second-order valence-electron chi connectivity index (χ2n) is 6.03. The SMILES string of the molecule is COc1ccc(F)c(NC(=O)[C@@]23CCCC[C@H]2CNC3)c1. The van der Waals surface area contributed by atoms with Crippen molar-refractivity contribution in [2.45, 2.75) is 25.7 Å². The molecule has 3 rings (SSSR count). The minimum Gasteiger partial charge on any atom is -0.497 e. The Kier molecular flexibility index (Phi) is 3.85. The monoisotopic (exact) mass is 292 g/mol. The van der Waals surface area contributed by atoms with Gasteiger partial charge in [0.25, 0.3) is 0 Å². The van der Waals surface area contributed by atoms with Gasteiger partial charge >= 0.3 is 0 Å². The Morgan fingerprint density at radius 2 is 2.33 bits per heavy atom. The molecule has 2 aliphatic rings. The van der Waals surface area contributed by atoms with E-state index in [0.29, 0.717) is 18.2 Å². The van der Waals surface area contributed by atoms with Gasteiger partial charge in [-0.25, -0.2) is 4.39 Å². The number of benzene rings is 1. The minimum atomic E-state index is -0.432. The third-order valence-corrected chi connectivity index (χ3v) is 4.91. The van der Waals surface area contributed by atoms with Gasteiger partial charge in [0.05, 0.1) is 18.2 Å². The van der Waals surface area contributed by atoms with Crippen LogP contribution in [-0.2, 0) is 4.79 Å². The average molecular weight is 292 g/mol. The number of halogens is 1. The quantitative estimate of drug-likeness (QED) is 0.900. The number of rotatable bonds is 3. The highest BCUT2D eigenvalue weighted by molar-refractivity contribution is 5.96. The molecule has 1 saturated heterocycles. The van der Waals surface area contributed by atoms with Gasteiger partial charge < -0.3 is 15.4 Å². The lowest BCUT2D eigenvalue weighted by Gasteiger charge is -2.37. The second kappa shape index (κ2) is 5.64. The molecule has 1 aliphatic heterocycles. The zero-order valence-corrected chi connectivity index (χ0v) is 12.2. The van der Waals surface area contributed by atoms with Crippen molar-refractivity contribution in [1.82, 2.24) is 5.32 Å². The predicted molar refractivity (Wildman–Crippen MR) is 78.8 cm³/mol. The minimum absolute atomic E-state index is 0.0654. The lowest BCUT2D eigenvalue weighted by Crippen LogP contribution is -2.44. The van der Waals surface area contributed by atoms with Gasteiger partial charge in [0.15, 0.2) is 0 Å². The molecule has 2 atom stereocenters. The summed E-state index contributed by atoms with van der Waals surface area (Å²) in [4.78, 5) is 12.8. The normalized spacial score (nSPS) is 28.0. The van der Waals surface area contributed by atoms with Gasteiger partial charge in [-0.05, 0) is 37.4 Å². The number of carbonyl (C=O) groups is 1. The Bertz CT molecular complexity index is 549. The van der Waals surface area contributed by atoms with Crippen LogP contribution in [0.15, 0.2) is 18.2 Å². The van der Waals surface area contributed by atoms with Crippen LogP contribution in [0.4, 0.5) is 10.1 Å². The number of hydrogen-bond donors (Lipinski definition) is 2. The van der Waals surface area contributed by atoms with Crippen molar-refractivity contribution in [2.75, 3.05) is 25.5 Å². The lowest BCUT2D eigenvalue weighted by molar-refractivity contribution is -0.128. The Hall–Kier alpha value is -1.62. The molecule has 0 spiro atoms. The molecule has 114 valence electrons. The largest absolute Gasteiger partial charge is 0.497 e. The Morgan fingerprint density at radius 3 is 3.14 bits per heavy atom. The molecule has 0 radical (unpaired) electrons. The van der Waals surface area contributed by atoms with E-state index in [0.717, 1.165) is 25.8 Å². The molecular formula is C16H21FN2O2. The van der Waals surface area contributed by atoms with Gasteiger partial charge in [-0.3, -0.25) is 4.79 Å². The van der Waals surface area contributed by atoms with Crippen molar-refractivity contribution in [1.29, 1.82) is 0 Å². The molecule has 5 heteroatoms. The number of carbonyl (C=O) groups excluding carboxylic acids is 1. The first-order valence-corrected chi connectivity index (χ1v) is 7.51. The van der Waals surface area contributed by atoms with E-state index in [1.165, 1.54) is 25.7 Å². The molecule has 1 amide bonds. The van der Waals surface area contributed by atoms with Gasteiger partial charge in [-0.15, -0.1) is 0 Å². The summed E-state index contributed by atoms with van der Waals surface area (Å²) in [7, 11) is 1.52. The van der Waals surface area contributed by atoms with E-state index in [1.807, 2.05) is 0 Å². The number of ether oxygens (including phenoxy) is 1. The Balaban J connectivity index is 1.82.